The zero-order valence-electron chi connectivity index (χ0n) is 16.9. The van der Waals surface area contributed by atoms with E-state index in [4.69, 9.17) is 4.74 Å². The number of pyridine rings is 1. The van der Waals surface area contributed by atoms with Gasteiger partial charge in [0.05, 0.1) is 21.9 Å². The van der Waals surface area contributed by atoms with Gasteiger partial charge in [-0.05, 0) is 37.3 Å². The van der Waals surface area contributed by atoms with Gasteiger partial charge in [-0.25, -0.2) is 9.97 Å². The molecule has 0 saturated heterocycles. The van der Waals surface area contributed by atoms with Crippen LogP contribution in [0.3, 0.4) is 0 Å². The number of H-pyrrole nitrogens is 1. The fraction of sp³-hybridized carbons (Fsp3) is 0.381. The summed E-state index contributed by atoms with van der Waals surface area (Å²) in [5.74, 6) is 2.94. The summed E-state index contributed by atoms with van der Waals surface area (Å²) < 4.78 is 7.25. The fourth-order valence-corrected chi connectivity index (χ4v) is 4.69. The first kappa shape index (κ1) is 18.9. The van der Waals surface area contributed by atoms with Gasteiger partial charge in [0.2, 0.25) is 5.88 Å². The van der Waals surface area contributed by atoms with Crippen LogP contribution >= 0.6 is 11.3 Å². The third kappa shape index (κ3) is 3.72. The van der Waals surface area contributed by atoms with E-state index in [2.05, 4.69) is 55.6 Å². The number of nitrogens with zero attached hydrogens (tertiary/aromatic N) is 5. The first-order valence-corrected chi connectivity index (χ1v) is 11.0. The Labute approximate surface area is 178 Å². The molecule has 0 aliphatic heterocycles. The zero-order chi connectivity index (χ0) is 20.5. The van der Waals surface area contributed by atoms with Gasteiger partial charge in [-0.15, -0.1) is 16.4 Å². The lowest BCUT2D eigenvalue weighted by Crippen LogP contribution is -2.15. The Kier molecular flexibility index (Phi) is 5.04. The summed E-state index contributed by atoms with van der Waals surface area (Å²) >= 11 is 1.57. The van der Waals surface area contributed by atoms with Crippen molar-refractivity contribution in [2.75, 3.05) is 5.32 Å². The molecule has 1 saturated carbocycles. The Bertz CT molecular complexity index is 1150. The van der Waals surface area contributed by atoms with Crippen molar-refractivity contribution in [2.45, 2.75) is 51.0 Å². The average molecular weight is 422 g/mol. The number of thiazole rings is 1. The number of anilines is 2. The highest BCUT2D eigenvalue weighted by Crippen LogP contribution is 2.37. The standard InChI is InChI=1S/C21H23N7OS/c1-12(2)15-5-8-24-28-21(15)29-14-4-3-13(9-14)17-10-18(27-26-17)25-20-19-16(6-7-22-20)23-11-30-19/h5-8,10-14H,3-4,9H2,1-2H3,(H2,22,25,26,27)/t13-,14+/m1/s1. The van der Waals surface area contributed by atoms with Gasteiger partial charge in [0.25, 0.3) is 0 Å². The normalized spacial score (nSPS) is 18.9. The number of aromatic amines is 1. The van der Waals surface area contributed by atoms with Crippen molar-refractivity contribution in [3.05, 3.63) is 47.4 Å². The molecular formula is C21H23N7OS. The lowest BCUT2D eigenvalue weighted by Gasteiger charge is -2.16. The summed E-state index contributed by atoms with van der Waals surface area (Å²) in [5, 5.41) is 19.2. The average Bonchev–Trinajstić information content (AvgIpc) is 3.49. The van der Waals surface area contributed by atoms with Crippen LogP contribution in [0.4, 0.5) is 11.6 Å². The predicted molar refractivity (Wildman–Crippen MR) is 116 cm³/mol. The number of ether oxygens (including phenoxy) is 1. The predicted octanol–water partition coefficient (Wildman–Crippen LogP) is 4.79. The largest absolute Gasteiger partial charge is 0.473 e. The smallest absolute Gasteiger partial charge is 0.237 e. The monoisotopic (exact) mass is 421 g/mol. The van der Waals surface area contributed by atoms with E-state index in [1.165, 1.54) is 0 Å². The van der Waals surface area contributed by atoms with Crippen LogP contribution in [0.15, 0.2) is 36.1 Å². The summed E-state index contributed by atoms with van der Waals surface area (Å²) in [4.78, 5) is 8.77. The second-order valence-corrected chi connectivity index (χ2v) is 8.74. The molecule has 9 heteroatoms. The highest BCUT2D eigenvalue weighted by molar-refractivity contribution is 7.17. The summed E-state index contributed by atoms with van der Waals surface area (Å²) in [5.41, 5.74) is 4.98. The Morgan fingerprint density at radius 1 is 1.20 bits per heavy atom. The Morgan fingerprint density at radius 3 is 3.03 bits per heavy atom. The van der Waals surface area contributed by atoms with E-state index in [-0.39, 0.29) is 6.10 Å². The molecule has 0 bridgehead atoms. The molecule has 1 aliphatic rings. The van der Waals surface area contributed by atoms with Gasteiger partial charge < -0.3 is 10.1 Å². The first-order valence-electron chi connectivity index (χ1n) is 10.2. The highest BCUT2D eigenvalue weighted by atomic mass is 32.1. The second-order valence-electron chi connectivity index (χ2n) is 7.89. The van der Waals surface area contributed by atoms with Crippen molar-refractivity contribution in [1.29, 1.82) is 0 Å². The number of nitrogens with one attached hydrogen (secondary N) is 2. The summed E-state index contributed by atoms with van der Waals surface area (Å²) in [7, 11) is 0. The molecule has 0 amide bonds. The second kappa shape index (κ2) is 7.98. The first-order chi connectivity index (χ1) is 14.7. The topological polar surface area (TPSA) is 102 Å². The van der Waals surface area contributed by atoms with Gasteiger partial charge in [0.1, 0.15) is 6.10 Å². The van der Waals surface area contributed by atoms with Crippen molar-refractivity contribution in [1.82, 2.24) is 30.4 Å². The molecule has 1 fully saturated rings. The summed E-state index contributed by atoms with van der Waals surface area (Å²) in [6.45, 7) is 4.28. The maximum Gasteiger partial charge on any atom is 0.237 e. The summed E-state index contributed by atoms with van der Waals surface area (Å²) in [6.07, 6.45) is 6.58. The number of fused-ring (bicyclic) bond motifs is 1. The van der Waals surface area contributed by atoms with Crippen molar-refractivity contribution in [3.8, 4) is 5.88 Å². The molecule has 8 nitrogen and oxygen atoms in total. The van der Waals surface area contributed by atoms with Gasteiger partial charge in [-0.3, -0.25) is 5.10 Å². The molecule has 1 aliphatic carbocycles. The molecule has 0 unspecified atom stereocenters. The van der Waals surface area contributed by atoms with Crippen LogP contribution in [-0.2, 0) is 0 Å². The van der Waals surface area contributed by atoms with Gasteiger partial charge in [-0.1, -0.05) is 13.8 Å². The van der Waals surface area contributed by atoms with Gasteiger partial charge >= 0.3 is 0 Å². The van der Waals surface area contributed by atoms with Crippen LogP contribution in [0.1, 0.15) is 56.2 Å². The van der Waals surface area contributed by atoms with E-state index in [1.54, 1.807) is 23.7 Å². The van der Waals surface area contributed by atoms with Crippen molar-refractivity contribution in [3.63, 3.8) is 0 Å². The zero-order valence-corrected chi connectivity index (χ0v) is 17.7. The van der Waals surface area contributed by atoms with E-state index >= 15 is 0 Å². The van der Waals surface area contributed by atoms with Gasteiger partial charge in [-0.2, -0.15) is 10.2 Å². The third-order valence-electron chi connectivity index (χ3n) is 5.53. The number of hydrogen-bond acceptors (Lipinski definition) is 8. The van der Waals surface area contributed by atoms with Gasteiger partial charge in [0, 0.05) is 29.4 Å². The molecule has 154 valence electrons. The van der Waals surface area contributed by atoms with E-state index in [0.29, 0.717) is 17.7 Å². The SMILES string of the molecule is CC(C)c1ccnnc1O[C@H]1CC[C@@H](c2cc(Nc3nccc4ncsc34)n[nH]2)C1. The molecule has 4 aromatic heterocycles. The maximum absolute atomic E-state index is 6.22. The van der Waals surface area contributed by atoms with Crippen molar-refractivity contribution < 1.29 is 4.74 Å². The molecule has 4 aromatic rings. The Morgan fingerprint density at radius 2 is 2.13 bits per heavy atom. The molecule has 0 radical (unpaired) electrons. The molecule has 4 heterocycles. The van der Waals surface area contributed by atoms with Crippen LogP contribution in [-0.4, -0.2) is 36.5 Å². The van der Waals surface area contributed by atoms with Crippen LogP contribution < -0.4 is 10.1 Å². The lowest BCUT2D eigenvalue weighted by atomic mass is 10.0. The van der Waals surface area contributed by atoms with Crippen LogP contribution in [0, 0.1) is 0 Å². The third-order valence-corrected chi connectivity index (χ3v) is 6.38. The molecule has 0 aromatic carbocycles. The molecule has 0 spiro atoms. The Balaban J connectivity index is 1.26. The van der Waals surface area contributed by atoms with Crippen LogP contribution in [0.25, 0.3) is 10.2 Å². The van der Waals surface area contributed by atoms with Crippen LogP contribution in [0.5, 0.6) is 5.88 Å². The lowest BCUT2D eigenvalue weighted by molar-refractivity contribution is 0.194. The Hall–Kier alpha value is -3.07. The molecule has 30 heavy (non-hydrogen) atoms. The van der Waals surface area contributed by atoms with Crippen molar-refractivity contribution in [2.24, 2.45) is 0 Å². The van der Waals surface area contributed by atoms with E-state index in [1.807, 2.05) is 17.6 Å². The van der Waals surface area contributed by atoms with Crippen molar-refractivity contribution >= 4 is 33.2 Å². The van der Waals surface area contributed by atoms with E-state index in [9.17, 15) is 0 Å². The molecule has 5 rings (SSSR count). The molecule has 2 N–H and O–H groups in total. The van der Waals surface area contributed by atoms with E-state index in [0.717, 1.165) is 52.4 Å². The highest BCUT2D eigenvalue weighted by Gasteiger charge is 2.30. The van der Waals surface area contributed by atoms with Gasteiger partial charge in [0.15, 0.2) is 11.6 Å². The number of rotatable bonds is 6. The molecular weight excluding hydrogens is 398 g/mol. The molecule has 2 atom stereocenters. The minimum Gasteiger partial charge on any atom is -0.473 e. The fourth-order valence-electron chi connectivity index (χ4n) is 3.96. The van der Waals surface area contributed by atoms with Crippen LogP contribution in [0.2, 0.25) is 0 Å². The maximum atomic E-state index is 6.22. The summed E-state index contributed by atoms with van der Waals surface area (Å²) in [6, 6.07) is 5.97. The quantitative estimate of drug-likeness (QED) is 0.462. The minimum absolute atomic E-state index is 0.136. The minimum atomic E-state index is 0.136. The number of aromatic nitrogens is 6. The number of hydrogen-bond donors (Lipinski definition) is 2. The van der Waals surface area contributed by atoms with E-state index < -0.39 is 0 Å².